The number of anilines is 1. The van der Waals surface area contributed by atoms with Crippen LogP contribution in [0.3, 0.4) is 0 Å². The van der Waals surface area contributed by atoms with Crippen molar-refractivity contribution in [1.29, 1.82) is 0 Å². The normalized spacial score (nSPS) is 17.9. The Kier molecular flexibility index (Phi) is 3.08. The first-order valence-electron chi connectivity index (χ1n) is 6.92. The molecule has 0 bridgehead atoms. The molecule has 0 aliphatic carbocycles. The van der Waals surface area contributed by atoms with Crippen LogP contribution in [0.5, 0.6) is 0 Å². The summed E-state index contributed by atoms with van der Waals surface area (Å²) < 4.78 is 5.12. The Morgan fingerprint density at radius 3 is 2.90 bits per heavy atom. The van der Waals surface area contributed by atoms with Gasteiger partial charge in [-0.1, -0.05) is 30.3 Å². The molecule has 0 fully saturated rings. The van der Waals surface area contributed by atoms with E-state index in [1.165, 1.54) is 5.56 Å². The van der Waals surface area contributed by atoms with Crippen molar-refractivity contribution in [1.82, 2.24) is 5.16 Å². The van der Waals surface area contributed by atoms with Gasteiger partial charge in [-0.25, -0.2) is 0 Å². The molecule has 0 spiro atoms. The number of aryl methyl sites for hydroxylation is 2. The maximum Gasteiger partial charge on any atom is 0.296 e. The third-order valence-corrected chi connectivity index (χ3v) is 3.94. The van der Waals surface area contributed by atoms with E-state index in [9.17, 15) is 4.79 Å². The van der Waals surface area contributed by atoms with Gasteiger partial charge in [0.05, 0.1) is 11.4 Å². The van der Waals surface area contributed by atoms with Crippen LogP contribution >= 0.6 is 0 Å². The molecule has 3 rings (SSSR count). The molecule has 0 radical (unpaired) electrons. The Morgan fingerprint density at radius 1 is 1.40 bits per heavy atom. The zero-order valence-electron chi connectivity index (χ0n) is 12.0. The number of nitrogens with zero attached hydrogens (tertiary/aromatic N) is 2. The van der Waals surface area contributed by atoms with E-state index in [4.69, 9.17) is 4.52 Å². The van der Waals surface area contributed by atoms with E-state index in [-0.39, 0.29) is 5.91 Å². The van der Waals surface area contributed by atoms with Gasteiger partial charge in [-0.2, -0.15) is 0 Å². The average molecular weight is 270 g/mol. The highest BCUT2D eigenvalue weighted by molar-refractivity contribution is 6.05. The zero-order valence-corrected chi connectivity index (χ0v) is 12.0. The highest BCUT2D eigenvalue weighted by Crippen LogP contribution is 2.37. The molecular weight excluding hydrogens is 252 g/mol. The SMILES string of the molecule is Cc1cc(C(=O)N2CCC(C)c3cccc(C)c32)on1. The molecule has 1 unspecified atom stereocenters. The van der Waals surface area contributed by atoms with Crippen LogP contribution < -0.4 is 4.90 Å². The standard InChI is InChI=1S/C16H18N2O2/c1-10-7-8-18(15-11(2)5-4-6-13(10)15)16(19)14-9-12(3)17-20-14/h4-6,9-10H,7-8H2,1-3H3. The van der Waals surface area contributed by atoms with E-state index in [0.29, 0.717) is 11.7 Å². The number of aromatic nitrogens is 1. The Bertz CT molecular complexity index is 660. The predicted molar refractivity (Wildman–Crippen MR) is 77.1 cm³/mol. The molecule has 2 aromatic rings. The first kappa shape index (κ1) is 12.9. The molecular formula is C16H18N2O2. The first-order valence-corrected chi connectivity index (χ1v) is 6.92. The molecule has 1 aliphatic rings. The van der Waals surface area contributed by atoms with Crippen LogP contribution in [0.2, 0.25) is 0 Å². The Hall–Kier alpha value is -2.10. The summed E-state index contributed by atoms with van der Waals surface area (Å²) in [5.74, 6) is 0.685. The van der Waals surface area contributed by atoms with Gasteiger partial charge in [-0.15, -0.1) is 0 Å². The molecule has 20 heavy (non-hydrogen) atoms. The van der Waals surface area contributed by atoms with E-state index in [1.54, 1.807) is 6.07 Å². The second-order valence-electron chi connectivity index (χ2n) is 5.49. The van der Waals surface area contributed by atoms with Crippen LogP contribution in [0.1, 0.15) is 46.6 Å². The van der Waals surface area contributed by atoms with E-state index >= 15 is 0 Å². The summed E-state index contributed by atoms with van der Waals surface area (Å²) in [4.78, 5) is 14.5. The van der Waals surface area contributed by atoms with Crippen LogP contribution in [0.4, 0.5) is 5.69 Å². The van der Waals surface area contributed by atoms with Crippen molar-refractivity contribution in [2.45, 2.75) is 33.1 Å². The zero-order chi connectivity index (χ0) is 14.3. The van der Waals surface area contributed by atoms with Gasteiger partial charge in [-0.3, -0.25) is 4.79 Å². The van der Waals surface area contributed by atoms with Crippen molar-refractivity contribution >= 4 is 11.6 Å². The van der Waals surface area contributed by atoms with Gasteiger partial charge in [0.2, 0.25) is 5.76 Å². The fourth-order valence-electron chi connectivity index (χ4n) is 2.84. The van der Waals surface area contributed by atoms with E-state index in [2.05, 4.69) is 24.2 Å². The third-order valence-electron chi connectivity index (χ3n) is 3.94. The number of carbonyl (C=O) groups excluding carboxylic acids is 1. The highest BCUT2D eigenvalue weighted by atomic mass is 16.5. The van der Waals surface area contributed by atoms with E-state index in [1.807, 2.05) is 24.8 Å². The van der Waals surface area contributed by atoms with Crippen molar-refractivity contribution in [3.05, 3.63) is 46.8 Å². The maximum absolute atomic E-state index is 12.6. The molecule has 4 heteroatoms. The number of hydrogen-bond acceptors (Lipinski definition) is 3. The lowest BCUT2D eigenvalue weighted by atomic mass is 9.89. The maximum atomic E-state index is 12.6. The number of hydrogen-bond donors (Lipinski definition) is 0. The van der Waals surface area contributed by atoms with Gasteiger partial charge in [-0.05, 0) is 37.3 Å². The van der Waals surface area contributed by atoms with Crippen molar-refractivity contribution in [3.63, 3.8) is 0 Å². The summed E-state index contributed by atoms with van der Waals surface area (Å²) in [5.41, 5.74) is 4.12. The summed E-state index contributed by atoms with van der Waals surface area (Å²) in [6, 6.07) is 7.90. The number of amides is 1. The molecule has 1 aromatic heterocycles. The summed E-state index contributed by atoms with van der Waals surface area (Å²) >= 11 is 0. The second-order valence-corrected chi connectivity index (χ2v) is 5.49. The molecule has 1 atom stereocenters. The average Bonchev–Trinajstić information content (AvgIpc) is 2.86. The molecule has 0 saturated heterocycles. The molecule has 4 nitrogen and oxygen atoms in total. The number of para-hydroxylation sites is 1. The van der Waals surface area contributed by atoms with Crippen LogP contribution in [0.15, 0.2) is 28.8 Å². The largest absolute Gasteiger partial charge is 0.351 e. The lowest BCUT2D eigenvalue weighted by Crippen LogP contribution is -2.36. The van der Waals surface area contributed by atoms with Crippen molar-refractivity contribution in [3.8, 4) is 0 Å². The topological polar surface area (TPSA) is 46.3 Å². The Labute approximate surface area is 118 Å². The summed E-state index contributed by atoms with van der Waals surface area (Å²) in [5, 5.41) is 3.80. The molecule has 1 aromatic carbocycles. The first-order chi connectivity index (χ1) is 9.58. The monoisotopic (exact) mass is 270 g/mol. The Morgan fingerprint density at radius 2 is 2.20 bits per heavy atom. The molecule has 1 amide bonds. The van der Waals surface area contributed by atoms with Crippen LogP contribution in [0, 0.1) is 13.8 Å². The van der Waals surface area contributed by atoms with Gasteiger partial charge in [0.15, 0.2) is 0 Å². The predicted octanol–water partition coefficient (Wildman–Crippen LogP) is 3.45. The van der Waals surface area contributed by atoms with Crippen molar-refractivity contribution < 1.29 is 9.32 Å². The van der Waals surface area contributed by atoms with E-state index < -0.39 is 0 Å². The number of fused-ring (bicyclic) bond motifs is 1. The highest BCUT2D eigenvalue weighted by Gasteiger charge is 2.30. The summed E-state index contributed by atoms with van der Waals surface area (Å²) in [7, 11) is 0. The minimum absolute atomic E-state index is 0.104. The van der Waals surface area contributed by atoms with Gasteiger partial charge in [0, 0.05) is 12.6 Å². The van der Waals surface area contributed by atoms with Gasteiger partial charge >= 0.3 is 0 Å². The van der Waals surface area contributed by atoms with Crippen LogP contribution in [0.25, 0.3) is 0 Å². The third kappa shape index (κ3) is 2.01. The van der Waals surface area contributed by atoms with Crippen molar-refractivity contribution in [2.75, 3.05) is 11.4 Å². The molecule has 2 heterocycles. The van der Waals surface area contributed by atoms with Gasteiger partial charge in [0.1, 0.15) is 0 Å². The van der Waals surface area contributed by atoms with Gasteiger partial charge < -0.3 is 9.42 Å². The minimum atomic E-state index is -0.104. The minimum Gasteiger partial charge on any atom is -0.351 e. The lowest BCUT2D eigenvalue weighted by Gasteiger charge is -2.33. The van der Waals surface area contributed by atoms with Crippen LogP contribution in [-0.2, 0) is 0 Å². The fraction of sp³-hybridized carbons (Fsp3) is 0.375. The Balaban J connectivity index is 2.04. The van der Waals surface area contributed by atoms with Gasteiger partial charge in [0.25, 0.3) is 5.91 Å². The summed E-state index contributed by atoms with van der Waals surface area (Å²) in [6.45, 7) is 6.79. The smallest absolute Gasteiger partial charge is 0.296 e. The molecule has 0 saturated carbocycles. The molecule has 104 valence electrons. The second kappa shape index (κ2) is 4.78. The number of carbonyl (C=O) groups is 1. The quantitative estimate of drug-likeness (QED) is 0.797. The fourth-order valence-corrected chi connectivity index (χ4v) is 2.84. The van der Waals surface area contributed by atoms with E-state index in [0.717, 1.165) is 29.9 Å². The molecule has 0 N–H and O–H groups in total. The summed E-state index contributed by atoms with van der Waals surface area (Å²) in [6.07, 6.45) is 0.968. The van der Waals surface area contributed by atoms with Crippen molar-refractivity contribution in [2.24, 2.45) is 0 Å². The number of benzene rings is 1. The van der Waals surface area contributed by atoms with Crippen LogP contribution in [-0.4, -0.2) is 17.6 Å². The lowest BCUT2D eigenvalue weighted by molar-refractivity contribution is 0.0948. The molecule has 1 aliphatic heterocycles. The number of rotatable bonds is 1.